The Morgan fingerprint density at radius 1 is 1.83 bits per heavy atom. The van der Waals surface area contributed by atoms with Crippen LogP contribution in [0.3, 0.4) is 0 Å². The van der Waals surface area contributed by atoms with Gasteiger partial charge in [-0.1, -0.05) is 0 Å². The molecular weight excluding hydrogens is 156 g/mol. The van der Waals surface area contributed by atoms with Gasteiger partial charge in [-0.15, -0.1) is 0 Å². The molecule has 1 atom stereocenters. The van der Waals surface area contributed by atoms with Crippen LogP contribution in [-0.4, -0.2) is 21.7 Å². The van der Waals surface area contributed by atoms with Crippen LogP contribution in [0.15, 0.2) is 12.4 Å². The van der Waals surface area contributed by atoms with Crippen LogP contribution in [0.4, 0.5) is 5.69 Å². The maximum atomic E-state index is 11.0. The molecule has 12 heavy (non-hydrogen) atoms. The highest BCUT2D eigenvalue weighted by Crippen LogP contribution is 2.02. The van der Waals surface area contributed by atoms with Gasteiger partial charge in [-0.05, 0) is 6.92 Å². The van der Waals surface area contributed by atoms with Crippen LogP contribution < -0.4 is 11.1 Å². The fraction of sp³-hybridized carbons (Fsp3) is 0.429. The molecule has 0 saturated carbocycles. The minimum absolute atomic E-state index is 0.206. The van der Waals surface area contributed by atoms with E-state index in [1.54, 1.807) is 31.0 Å². The van der Waals surface area contributed by atoms with Crippen molar-refractivity contribution >= 4 is 11.6 Å². The maximum Gasteiger partial charge on any atom is 0.241 e. The number of hydrogen-bond acceptors (Lipinski definition) is 3. The topological polar surface area (TPSA) is 72.9 Å². The Hall–Kier alpha value is -1.36. The molecule has 5 nitrogen and oxygen atoms in total. The van der Waals surface area contributed by atoms with E-state index < -0.39 is 6.04 Å². The number of hydrogen-bond donors (Lipinski definition) is 2. The van der Waals surface area contributed by atoms with E-state index in [2.05, 4.69) is 10.4 Å². The van der Waals surface area contributed by atoms with Gasteiger partial charge >= 0.3 is 0 Å². The van der Waals surface area contributed by atoms with E-state index in [4.69, 9.17) is 5.73 Å². The Bertz CT molecular complexity index is 279. The molecule has 0 saturated heterocycles. The second kappa shape index (κ2) is 3.36. The summed E-state index contributed by atoms with van der Waals surface area (Å²) in [7, 11) is 1.78. The Labute approximate surface area is 70.5 Å². The van der Waals surface area contributed by atoms with Gasteiger partial charge in [-0.3, -0.25) is 9.48 Å². The molecule has 0 aromatic carbocycles. The number of nitrogens with two attached hydrogens (primary N) is 1. The molecule has 1 aromatic rings. The van der Waals surface area contributed by atoms with E-state index in [0.29, 0.717) is 5.69 Å². The number of carbonyl (C=O) groups excluding carboxylic acids is 1. The lowest BCUT2D eigenvalue weighted by molar-refractivity contribution is -0.117. The van der Waals surface area contributed by atoms with Gasteiger partial charge in [0.25, 0.3) is 0 Å². The summed E-state index contributed by atoms with van der Waals surface area (Å²) < 4.78 is 1.61. The number of aromatic nitrogens is 2. The second-order valence-electron chi connectivity index (χ2n) is 2.68. The summed E-state index contributed by atoms with van der Waals surface area (Å²) >= 11 is 0. The molecule has 0 bridgehead atoms. The largest absolute Gasteiger partial charge is 0.322 e. The highest BCUT2D eigenvalue weighted by Gasteiger charge is 2.07. The minimum Gasteiger partial charge on any atom is -0.322 e. The van der Waals surface area contributed by atoms with E-state index >= 15 is 0 Å². The minimum atomic E-state index is -0.495. The lowest BCUT2D eigenvalue weighted by Crippen LogP contribution is -2.32. The van der Waals surface area contributed by atoms with Gasteiger partial charge in [0.1, 0.15) is 0 Å². The summed E-state index contributed by atoms with van der Waals surface area (Å²) in [5.74, 6) is -0.206. The van der Waals surface area contributed by atoms with Gasteiger partial charge in [0.05, 0.1) is 17.9 Å². The van der Waals surface area contributed by atoms with Crippen LogP contribution in [-0.2, 0) is 11.8 Å². The zero-order valence-corrected chi connectivity index (χ0v) is 7.11. The highest BCUT2D eigenvalue weighted by molar-refractivity contribution is 5.94. The Morgan fingerprint density at radius 3 is 2.92 bits per heavy atom. The summed E-state index contributed by atoms with van der Waals surface area (Å²) in [6.07, 6.45) is 3.28. The summed E-state index contributed by atoms with van der Waals surface area (Å²) in [5.41, 5.74) is 6.02. The van der Waals surface area contributed by atoms with Gasteiger partial charge in [0.15, 0.2) is 0 Å². The van der Waals surface area contributed by atoms with Gasteiger partial charge < -0.3 is 11.1 Å². The maximum absolute atomic E-state index is 11.0. The fourth-order valence-corrected chi connectivity index (χ4v) is 0.742. The third-order valence-corrected chi connectivity index (χ3v) is 1.39. The first-order valence-electron chi connectivity index (χ1n) is 3.64. The second-order valence-corrected chi connectivity index (χ2v) is 2.68. The highest BCUT2D eigenvalue weighted by atomic mass is 16.2. The number of nitrogens with one attached hydrogen (secondary N) is 1. The average Bonchev–Trinajstić information content (AvgIpc) is 2.35. The van der Waals surface area contributed by atoms with E-state index in [1.807, 2.05) is 0 Å². The SMILES string of the molecule is C[C@H](N)C(=O)Nc1cnn(C)c1. The van der Waals surface area contributed by atoms with Crippen molar-refractivity contribution in [2.24, 2.45) is 12.8 Å². The number of anilines is 1. The molecule has 0 spiro atoms. The Kier molecular flexibility index (Phi) is 2.44. The van der Waals surface area contributed by atoms with Crippen molar-refractivity contribution in [1.82, 2.24) is 9.78 Å². The number of amides is 1. The predicted molar refractivity (Wildman–Crippen MR) is 45.5 cm³/mol. The van der Waals surface area contributed by atoms with Crippen molar-refractivity contribution in [3.63, 3.8) is 0 Å². The molecule has 5 heteroatoms. The first-order chi connectivity index (χ1) is 5.59. The average molecular weight is 168 g/mol. The first kappa shape index (κ1) is 8.73. The normalized spacial score (nSPS) is 12.6. The first-order valence-corrected chi connectivity index (χ1v) is 3.64. The zero-order chi connectivity index (χ0) is 9.14. The van der Waals surface area contributed by atoms with Gasteiger partial charge in [-0.25, -0.2) is 0 Å². The van der Waals surface area contributed by atoms with Crippen LogP contribution in [0.2, 0.25) is 0 Å². The van der Waals surface area contributed by atoms with Gasteiger partial charge in [0, 0.05) is 13.2 Å². The molecule has 0 aliphatic rings. The quantitative estimate of drug-likeness (QED) is 0.637. The molecule has 3 N–H and O–H groups in total. The third-order valence-electron chi connectivity index (χ3n) is 1.39. The molecule has 0 aliphatic heterocycles. The summed E-state index contributed by atoms with van der Waals surface area (Å²) in [4.78, 5) is 11.0. The number of rotatable bonds is 2. The number of aryl methyl sites for hydroxylation is 1. The van der Waals surface area contributed by atoms with Crippen molar-refractivity contribution in [3.8, 4) is 0 Å². The third kappa shape index (κ3) is 2.06. The molecule has 1 aromatic heterocycles. The van der Waals surface area contributed by atoms with Crippen molar-refractivity contribution in [3.05, 3.63) is 12.4 Å². The van der Waals surface area contributed by atoms with E-state index in [-0.39, 0.29) is 5.91 Å². The van der Waals surface area contributed by atoms with Crippen LogP contribution >= 0.6 is 0 Å². The van der Waals surface area contributed by atoms with Gasteiger partial charge in [0.2, 0.25) is 5.91 Å². The van der Waals surface area contributed by atoms with Crippen molar-refractivity contribution in [2.45, 2.75) is 13.0 Å². The monoisotopic (exact) mass is 168 g/mol. The van der Waals surface area contributed by atoms with Crippen LogP contribution in [0, 0.1) is 0 Å². The number of nitrogens with zero attached hydrogens (tertiary/aromatic N) is 2. The molecule has 1 amide bonds. The summed E-state index contributed by atoms with van der Waals surface area (Å²) in [6, 6.07) is -0.495. The van der Waals surface area contributed by atoms with Crippen LogP contribution in [0.5, 0.6) is 0 Å². The number of carbonyl (C=O) groups is 1. The summed E-state index contributed by atoms with van der Waals surface area (Å²) in [6.45, 7) is 1.63. The van der Waals surface area contributed by atoms with E-state index in [9.17, 15) is 4.79 Å². The predicted octanol–water partition coefficient (Wildman–Crippen LogP) is -0.294. The molecule has 1 heterocycles. The summed E-state index contributed by atoms with van der Waals surface area (Å²) in [5, 5.41) is 6.51. The van der Waals surface area contributed by atoms with Gasteiger partial charge in [-0.2, -0.15) is 5.10 Å². The van der Waals surface area contributed by atoms with E-state index in [0.717, 1.165) is 0 Å². The molecule has 1 rings (SSSR count). The molecule has 0 radical (unpaired) electrons. The van der Waals surface area contributed by atoms with Crippen LogP contribution in [0.25, 0.3) is 0 Å². The zero-order valence-electron chi connectivity index (χ0n) is 7.11. The van der Waals surface area contributed by atoms with E-state index in [1.165, 1.54) is 0 Å². The fourth-order valence-electron chi connectivity index (χ4n) is 0.742. The molecule has 0 unspecified atom stereocenters. The molecule has 0 aliphatic carbocycles. The van der Waals surface area contributed by atoms with Crippen molar-refractivity contribution < 1.29 is 4.79 Å². The lowest BCUT2D eigenvalue weighted by atomic mass is 10.3. The molecule has 66 valence electrons. The smallest absolute Gasteiger partial charge is 0.241 e. The molecular formula is C7H12N4O. The van der Waals surface area contributed by atoms with Crippen molar-refractivity contribution in [2.75, 3.05) is 5.32 Å². The standard InChI is InChI=1S/C7H12N4O/c1-5(8)7(12)10-6-3-9-11(2)4-6/h3-5H,8H2,1-2H3,(H,10,12)/t5-/m0/s1. The lowest BCUT2D eigenvalue weighted by Gasteiger charge is -2.03. The Balaban J connectivity index is 2.58. The molecule has 0 fully saturated rings. The Morgan fingerprint density at radius 2 is 2.50 bits per heavy atom. The van der Waals surface area contributed by atoms with Crippen LogP contribution in [0.1, 0.15) is 6.92 Å². The van der Waals surface area contributed by atoms with Crippen molar-refractivity contribution in [1.29, 1.82) is 0 Å².